The lowest BCUT2D eigenvalue weighted by Crippen LogP contribution is -2.46. The van der Waals surface area contributed by atoms with Crippen LogP contribution in [0.1, 0.15) is 64.7 Å². The molecule has 2 aliphatic rings. The van der Waals surface area contributed by atoms with E-state index in [1.54, 1.807) is 4.31 Å². The quantitative estimate of drug-likeness (QED) is 0.311. The number of nitrogens with zero attached hydrogens (tertiary/aromatic N) is 2. The maximum Gasteiger partial charge on any atom is 0.211 e. The van der Waals surface area contributed by atoms with Crippen LogP contribution in [0.2, 0.25) is 0 Å². The predicted molar refractivity (Wildman–Crippen MR) is 124 cm³/mol. The van der Waals surface area contributed by atoms with Crippen molar-refractivity contribution in [1.29, 1.82) is 0 Å². The van der Waals surface area contributed by atoms with Gasteiger partial charge in [-0.2, -0.15) is 0 Å². The number of hydrogen-bond acceptors (Lipinski definition) is 3. The highest BCUT2D eigenvalue weighted by Crippen LogP contribution is 2.27. The van der Waals surface area contributed by atoms with Crippen molar-refractivity contribution in [3.8, 4) is 0 Å². The smallest absolute Gasteiger partial charge is 0.211 e. The van der Waals surface area contributed by atoms with Crippen molar-refractivity contribution in [3.05, 3.63) is 0 Å². The van der Waals surface area contributed by atoms with E-state index in [0.717, 1.165) is 31.3 Å². The molecular formula is C19H39IN4O2S. The number of guanidine groups is 1. The van der Waals surface area contributed by atoms with Crippen molar-refractivity contribution < 1.29 is 8.42 Å². The largest absolute Gasteiger partial charge is 0.356 e. The molecule has 2 fully saturated rings. The van der Waals surface area contributed by atoms with Crippen molar-refractivity contribution in [2.24, 2.45) is 16.8 Å². The Morgan fingerprint density at radius 2 is 1.74 bits per heavy atom. The molecule has 0 amide bonds. The van der Waals surface area contributed by atoms with Gasteiger partial charge in [-0.15, -0.1) is 24.0 Å². The molecule has 0 spiro atoms. The van der Waals surface area contributed by atoms with E-state index in [1.807, 2.05) is 7.05 Å². The molecule has 6 nitrogen and oxygen atoms in total. The molecule has 1 atom stereocenters. The van der Waals surface area contributed by atoms with Crippen LogP contribution >= 0.6 is 24.0 Å². The van der Waals surface area contributed by atoms with Gasteiger partial charge in [0.2, 0.25) is 10.0 Å². The van der Waals surface area contributed by atoms with Crippen LogP contribution in [0.3, 0.4) is 0 Å². The van der Waals surface area contributed by atoms with Gasteiger partial charge in [-0.3, -0.25) is 4.99 Å². The van der Waals surface area contributed by atoms with Crippen LogP contribution in [0, 0.1) is 11.8 Å². The second-order valence-corrected chi connectivity index (χ2v) is 10.2. The molecule has 1 saturated carbocycles. The molecule has 0 aromatic heterocycles. The van der Waals surface area contributed by atoms with Gasteiger partial charge in [-0.05, 0) is 44.4 Å². The molecule has 0 aromatic rings. The topological polar surface area (TPSA) is 73.8 Å². The van der Waals surface area contributed by atoms with E-state index < -0.39 is 10.0 Å². The number of rotatable bonds is 7. The third-order valence-corrected chi connectivity index (χ3v) is 7.24. The Labute approximate surface area is 183 Å². The first-order valence-electron chi connectivity index (χ1n) is 10.3. The SMILES string of the molecule is CN=C(NCC1CCN(S(C)(=O)=O)CC1)NC(C)CCC1CCCCC1.I. The number of halogens is 1. The van der Waals surface area contributed by atoms with Crippen LogP contribution in [0.25, 0.3) is 0 Å². The Morgan fingerprint density at radius 3 is 2.30 bits per heavy atom. The van der Waals surface area contributed by atoms with Gasteiger partial charge in [-0.25, -0.2) is 12.7 Å². The highest BCUT2D eigenvalue weighted by Gasteiger charge is 2.25. The molecule has 27 heavy (non-hydrogen) atoms. The third kappa shape index (κ3) is 9.30. The molecule has 2 rings (SSSR count). The number of piperidine rings is 1. The van der Waals surface area contributed by atoms with Crippen molar-refractivity contribution >= 4 is 40.0 Å². The lowest BCUT2D eigenvalue weighted by Gasteiger charge is -2.30. The van der Waals surface area contributed by atoms with E-state index in [-0.39, 0.29) is 24.0 Å². The molecule has 1 aliphatic carbocycles. The van der Waals surface area contributed by atoms with Gasteiger partial charge in [0.05, 0.1) is 6.26 Å². The minimum atomic E-state index is -3.04. The van der Waals surface area contributed by atoms with Crippen molar-refractivity contribution in [1.82, 2.24) is 14.9 Å². The summed E-state index contributed by atoms with van der Waals surface area (Å²) < 4.78 is 24.8. The summed E-state index contributed by atoms with van der Waals surface area (Å²) in [4.78, 5) is 4.35. The second-order valence-electron chi connectivity index (χ2n) is 8.19. The van der Waals surface area contributed by atoms with Gasteiger partial charge in [0.25, 0.3) is 0 Å². The molecule has 1 saturated heterocycles. The number of hydrogen-bond donors (Lipinski definition) is 2. The first-order valence-corrected chi connectivity index (χ1v) is 12.2. The van der Waals surface area contributed by atoms with Gasteiger partial charge < -0.3 is 10.6 Å². The van der Waals surface area contributed by atoms with E-state index in [9.17, 15) is 8.42 Å². The van der Waals surface area contributed by atoms with E-state index in [4.69, 9.17) is 0 Å². The number of sulfonamides is 1. The highest BCUT2D eigenvalue weighted by atomic mass is 127. The third-order valence-electron chi connectivity index (χ3n) is 5.94. The zero-order chi connectivity index (χ0) is 19.0. The van der Waals surface area contributed by atoms with Gasteiger partial charge >= 0.3 is 0 Å². The summed E-state index contributed by atoms with van der Waals surface area (Å²) in [6.45, 7) is 4.36. The summed E-state index contributed by atoms with van der Waals surface area (Å²) >= 11 is 0. The summed E-state index contributed by atoms with van der Waals surface area (Å²) in [6, 6.07) is 0.426. The van der Waals surface area contributed by atoms with Crippen LogP contribution < -0.4 is 10.6 Å². The maximum absolute atomic E-state index is 11.6. The maximum atomic E-state index is 11.6. The molecule has 1 aliphatic heterocycles. The Kier molecular flexibility index (Phi) is 11.5. The Bertz CT molecular complexity index is 542. The number of aliphatic imine (C=N–C) groups is 1. The van der Waals surface area contributed by atoms with E-state index in [2.05, 4.69) is 22.5 Å². The van der Waals surface area contributed by atoms with Gasteiger partial charge in [-0.1, -0.05) is 32.1 Å². The van der Waals surface area contributed by atoms with Crippen LogP contribution in [0.15, 0.2) is 4.99 Å². The summed E-state index contributed by atoms with van der Waals surface area (Å²) in [6.07, 6.45) is 12.7. The molecule has 1 unspecified atom stereocenters. The molecular weight excluding hydrogens is 475 g/mol. The van der Waals surface area contributed by atoms with Gasteiger partial charge in [0, 0.05) is 32.7 Å². The van der Waals surface area contributed by atoms with Crippen molar-refractivity contribution in [2.45, 2.75) is 70.8 Å². The predicted octanol–water partition coefficient (Wildman–Crippen LogP) is 3.19. The summed E-state index contributed by atoms with van der Waals surface area (Å²) in [7, 11) is -1.23. The standard InChI is InChI=1S/C19H38N4O2S.HI/c1-16(9-10-17-7-5-4-6-8-17)22-19(20-2)21-15-18-11-13-23(14-12-18)26(3,24)25;/h16-18H,4-15H2,1-3H3,(H2,20,21,22);1H. The Hall–Kier alpha value is -0.0900. The lowest BCUT2D eigenvalue weighted by atomic mass is 9.85. The molecule has 8 heteroatoms. The monoisotopic (exact) mass is 514 g/mol. The Morgan fingerprint density at radius 1 is 1.11 bits per heavy atom. The average Bonchev–Trinajstić information content (AvgIpc) is 2.64. The normalized spacial score (nSPS) is 22.1. The minimum Gasteiger partial charge on any atom is -0.356 e. The number of nitrogens with one attached hydrogen (secondary N) is 2. The van der Waals surface area contributed by atoms with E-state index in [0.29, 0.717) is 25.0 Å². The summed E-state index contributed by atoms with van der Waals surface area (Å²) in [5.74, 6) is 2.29. The zero-order valence-electron chi connectivity index (χ0n) is 17.2. The van der Waals surface area contributed by atoms with Gasteiger partial charge in [0.15, 0.2) is 5.96 Å². The van der Waals surface area contributed by atoms with Gasteiger partial charge in [0.1, 0.15) is 0 Å². The van der Waals surface area contributed by atoms with E-state index in [1.165, 1.54) is 51.2 Å². The molecule has 0 aromatic carbocycles. The summed E-state index contributed by atoms with van der Waals surface area (Å²) in [5.41, 5.74) is 0. The van der Waals surface area contributed by atoms with Crippen LogP contribution in [0.4, 0.5) is 0 Å². The molecule has 2 N–H and O–H groups in total. The van der Waals surface area contributed by atoms with E-state index >= 15 is 0 Å². The highest BCUT2D eigenvalue weighted by molar-refractivity contribution is 14.0. The molecule has 0 radical (unpaired) electrons. The fraction of sp³-hybridized carbons (Fsp3) is 0.947. The van der Waals surface area contributed by atoms with Crippen molar-refractivity contribution in [3.63, 3.8) is 0 Å². The fourth-order valence-corrected chi connectivity index (χ4v) is 5.02. The first-order chi connectivity index (χ1) is 12.4. The first kappa shape index (κ1) is 24.9. The van der Waals surface area contributed by atoms with Crippen LogP contribution in [-0.4, -0.2) is 57.7 Å². The minimum absolute atomic E-state index is 0. The van der Waals surface area contributed by atoms with Crippen LogP contribution in [0.5, 0.6) is 0 Å². The molecule has 0 bridgehead atoms. The zero-order valence-corrected chi connectivity index (χ0v) is 20.4. The Balaban J connectivity index is 0.00000364. The second kappa shape index (κ2) is 12.5. The average molecular weight is 515 g/mol. The summed E-state index contributed by atoms with van der Waals surface area (Å²) in [5, 5.41) is 6.94. The fourth-order valence-electron chi connectivity index (χ4n) is 4.15. The molecule has 1 heterocycles. The van der Waals surface area contributed by atoms with Crippen LogP contribution in [-0.2, 0) is 10.0 Å². The molecule has 160 valence electrons. The lowest BCUT2D eigenvalue weighted by molar-refractivity contribution is 0.274. The van der Waals surface area contributed by atoms with Crippen molar-refractivity contribution in [2.75, 3.05) is 32.9 Å².